The van der Waals surface area contributed by atoms with E-state index in [0.717, 1.165) is 0 Å². The van der Waals surface area contributed by atoms with Crippen molar-refractivity contribution in [1.82, 2.24) is 10.6 Å². The molecule has 1 aromatic carbocycles. The maximum absolute atomic E-state index is 11.6. The molecule has 1 aliphatic rings. The second-order valence-corrected chi connectivity index (χ2v) is 4.22. The first-order valence-electron chi connectivity index (χ1n) is 5.83. The van der Waals surface area contributed by atoms with Gasteiger partial charge >= 0.3 is 12.0 Å². The van der Waals surface area contributed by atoms with Gasteiger partial charge in [-0.1, -0.05) is 0 Å². The van der Waals surface area contributed by atoms with Gasteiger partial charge in [-0.15, -0.1) is 0 Å². The predicted octanol–water partition coefficient (Wildman–Crippen LogP) is -0.863. The summed E-state index contributed by atoms with van der Waals surface area (Å²) < 4.78 is 0. The number of carboxylic acid groups (broad SMARTS) is 1. The molecule has 0 bridgehead atoms. The quantitative estimate of drug-likeness (QED) is 0.457. The van der Waals surface area contributed by atoms with Crippen LogP contribution in [0.5, 0.6) is 0 Å². The summed E-state index contributed by atoms with van der Waals surface area (Å²) in [6.07, 6.45) is 0. The molecule has 0 unspecified atom stereocenters. The summed E-state index contributed by atoms with van der Waals surface area (Å²) in [7, 11) is 0. The summed E-state index contributed by atoms with van der Waals surface area (Å²) in [6.45, 7) is -0.760. The minimum atomic E-state index is -1.44. The van der Waals surface area contributed by atoms with E-state index in [0.29, 0.717) is 0 Å². The van der Waals surface area contributed by atoms with E-state index in [1.807, 2.05) is 5.32 Å². The summed E-state index contributed by atoms with van der Waals surface area (Å²) in [5, 5.41) is 23.9. The molecule has 0 radical (unpaired) electrons. The SMILES string of the molecule is O=C(Nc1ccc2c(c1)C(=O)NC2=O)N[C@H](CO)C(=O)O. The van der Waals surface area contributed by atoms with Crippen molar-refractivity contribution in [3.63, 3.8) is 0 Å². The van der Waals surface area contributed by atoms with Gasteiger partial charge in [0.25, 0.3) is 11.8 Å². The number of hydrogen-bond donors (Lipinski definition) is 5. The van der Waals surface area contributed by atoms with E-state index in [-0.39, 0.29) is 16.8 Å². The van der Waals surface area contributed by atoms with Crippen molar-refractivity contribution in [3.8, 4) is 0 Å². The van der Waals surface area contributed by atoms with Crippen molar-refractivity contribution in [2.45, 2.75) is 6.04 Å². The first-order chi connectivity index (χ1) is 9.92. The van der Waals surface area contributed by atoms with Gasteiger partial charge in [-0.2, -0.15) is 0 Å². The third-order valence-electron chi connectivity index (χ3n) is 2.78. The summed E-state index contributed by atoms with van der Waals surface area (Å²) in [4.78, 5) is 45.0. The molecule has 2 rings (SSSR count). The van der Waals surface area contributed by atoms with Gasteiger partial charge < -0.3 is 20.8 Å². The van der Waals surface area contributed by atoms with Gasteiger partial charge in [0.05, 0.1) is 17.7 Å². The largest absolute Gasteiger partial charge is 0.480 e. The Kier molecular flexibility index (Phi) is 3.85. The zero-order valence-electron chi connectivity index (χ0n) is 10.5. The standard InChI is InChI=1S/C12H11N3O6/c16-4-8(11(19)20)14-12(21)13-5-1-2-6-7(3-5)10(18)15-9(6)17/h1-3,8,16H,4H2,(H,19,20)(H2,13,14,21)(H,15,17,18)/t8-/m1/s1. The van der Waals surface area contributed by atoms with Gasteiger partial charge in [0.15, 0.2) is 6.04 Å². The van der Waals surface area contributed by atoms with Crippen molar-refractivity contribution in [3.05, 3.63) is 29.3 Å². The smallest absolute Gasteiger partial charge is 0.328 e. The molecule has 1 heterocycles. The van der Waals surface area contributed by atoms with E-state index in [2.05, 4.69) is 10.6 Å². The second-order valence-electron chi connectivity index (χ2n) is 4.22. The van der Waals surface area contributed by atoms with Crippen LogP contribution in [0.1, 0.15) is 20.7 Å². The number of carbonyl (C=O) groups is 4. The number of hydrogen-bond acceptors (Lipinski definition) is 5. The molecule has 0 aromatic heterocycles. The van der Waals surface area contributed by atoms with Crippen LogP contribution in [0.3, 0.4) is 0 Å². The number of imide groups is 1. The molecule has 0 saturated heterocycles. The van der Waals surface area contributed by atoms with Crippen molar-refractivity contribution in [2.75, 3.05) is 11.9 Å². The zero-order valence-corrected chi connectivity index (χ0v) is 10.5. The number of carbonyl (C=O) groups excluding carboxylic acids is 3. The zero-order chi connectivity index (χ0) is 15.6. The van der Waals surface area contributed by atoms with Crippen LogP contribution in [0.15, 0.2) is 18.2 Å². The molecule has 4 amide bonds. The van der Waals surface area contributed by atoms with Crippen LogP contribution in [-0.4, -0.2) is 46.7 Å². The first kappa shape index (κ1) is 14.5. The van der Waals surface area contributed by atoms with Crippen LogP contribution in [0, 0.1) is 0 Å². The molecule has 1 aliphatic heterocycles. The van der Waals surface area contributed by atoms with E-state index < -0.39 is 36.5 Å². The monoisotopic (exact) mass is 293 g/mol. The molecular weight excluding hydrogens is 282 g/mol. The van der Waals surface area contributed by atoms with Crippen LogP contribution in [0.2, 0.25) is 0 Å². The van der Waals surface area contributed by atoms with E-state index in [9.17, 15) is 19.2 Å². The van der Waals surface area contributed by atoms with Gasteiger partial charge in [-0.05, 0) is 18.2 Å². The summed E-state index contributed by atoms with van der Waals surface area (Å²) in [5.41, 5.74) is 0.526. The lowest BCUT2D eigenvalue weighted by Crippen LogP contribution is -2.45. The van der Waals surface area contributed by atoms with Crippen molar-refractivity contribution in [1.29, 1.82) is 0 Å². The molecule has 1 atom stereocenters. The number of aliphatic hydroxyl groups is 1. The van der Waals surface area contributed by atoms with Crippen LogP contribution in [-0.2, 0) is 4.79 Å². The minimum Gasteiger partial charge on any atom is -0.480 e. The molecule has 110 valence electrons. The van der Waals surface area contributed by atoms with Crippen molar-refractivity contribution < 1.29 is 29.4 Å². The molecule has 21 heavy (non-hydrogen) atoms. The van der Waals surface area contributed by atoms with E-state index in [4.69, 9.17) is 10.2 Å². The Labute approximate surface area is 117 Å². The van der Waals surface area contributed by atoms with Crippen molar-refractivity contribution in [2.24, 2.45) is 0 Å². The first-order valence-corrected chi connectivity index (χ1v) is 5.83. The molecule has 9 heteroatoms. The highest BCUT2D eigenvalue weighted by Crippen LogP contribution is 2.20. The molecule has 1 aromatic rings. The molecule has 0 aliphatic carbocycles. The van der Waals surface area contributed by atoms with E-state index in [1.165, 1.54) is 18.2 Å². The van der Waals surface area contributed by atoms with Crippen molar-refractivity contribution >= 4 is 29.5 Å². The molecule has 0 saturated carbocycles. The van der Waals surface area contributed by atoms with Gasteiger partial charge in [-0.25, -0.2) is 9.59 Å². The molecular formula is C12H11N3O6. The molecule has 0 spiro atoms. The second kappa shape index (κ2) is 5.59. The predicted molar refractivity (Wildman–Crippen MR) is 68.9 cm³/mol. The lowest BCUT2D eigenvalue weighted by Gasteiger charge is -2.12. The number of rotatable bonds is 4. The van der Waals surface area contributed by atoms with Gasteiger partial charge in [-0.3, -0.25) is 14.9 Å². The average Bonchev–Trinajstić information content (AvgIpc) is 2.70. The number of anilines is 1. The Morgan fingerprint density at radius 1 is 1.19 bits per heavy atom. The lowest BCUT2D eigenvalue weighted by molar-refractivity contribution is -0.140. The van der Waals surface area contributed by atoms with E-state index >= 15 is 0 Å². The fourth-order valence-corrected chi connectivity index (χ4v) is 1.76. The number of aliphatic carboxylic acids is 1. The summed E-state index contributed by atoms with van der Waals surface area (Å²) >= 11 is 0. The number of amides is 4. The lowest BCUT2D eigenvalue weighted by atomic mass is 10.1. The number of aliphatic hydroxyl groups excluding tert-OH is 1. The molecule has 9 nitrogen and oxygen atoms in total. The third kappa shape index (κ3) is 2.98. The third-order valence-corrected chi connectivity index (χ3v) is 2.78. The van der Waals surface area contributed by atoms with Gasteiger partial charge in [0.1, 0.15) is 0 Å². The minimum absolute atomic E-state index is 0.120. The van der Waals surface area contributed by atoms with Crippen LogP contribution < -0.4 is 16.0 Å². The number of benzene rings is 1. The Hall–Kier alpha value is -2.94. The van der Waals surface area contributed by atoms with Gasteiger partial charge in [0, 0.05) is 5.69 Å². The Bertz CT molecular complexity index is 642. The van der Waals surface area contributed by atoms with E-state index in [1.54, 1.807) is 0 Å². The fourth-order valence-electron chi connectivity index (χ4n) is 1.76. The average molecular weight is 293 g/mol. The highest BCUT2D eigenvalue weighted by molar-refractivity contribution is 6.22. The highest BCUT2D eigenvalue weighted by atomic mass is 16.4. The van der Waals surface area contributed by atoms with Crippen LogP contribution in [0.25, 0.3) is 0 Å². The highest BCUT2D eigenvalue weighted by Gasteiger charge is 2.27. The topological polar surface area (TPSA) is 145 Å². The maximum Gasteiger partial charge on any atom is 0.328 e. The number of nitrogens with one attached hydrogen (secondary N) is 3. The number of fused-ring (bicyclic) bond motifs is 1. The normalized spacial score (nSPS) is 14.1. The molecule has 0 fully saturated rings. The summed E-state index contributed by atoms with van der Waals surface area (Å²) in [5.74, 6) is -2.47. The fraction of sp³-hybridized carbons (Fsp3) is 0.167. The Morgan fingerprint density at radius 2 is 1.86 bits per heavy atom. The van der Waals surface area contributed by atoms with Crippen LogP contribution in [0.4, 0.5) is 10.5 Å². The summed E-state index contributed by atoms with van der Waals surface area (Å²) in [6, 6.07) is 1.76. The van der Waals surface area contributed by atoms with Crippen LogP contribution >= 0.6 is 0 Å². The Balaban J connectivity index is 2.09. The van der Waals surface area contributed by atoms with Gasteiger partial charge in [0.2, 0.25) is 0 Å². The number of urea groups is 1. The maximum atomic E-state index is 11.6. The Morgan fingerprint density at radius 3 is 2.48 bits per heavy atom. The number of carboxylic acids is 1. The molecule has 5 N–H and O–H groups in total.